The van der Waals surface area contributed by atoms with Crippen LogP contribution in [0.5, 0.6) is 0 Å². The van der Waals surface area contributed by atoms with E-state index in [1.807, 2.05) is 32.0 Å². The van der Waals surface area contributed by atoms with Crippen molar-refractivity contribution in [1.82, 2.24) is 15.5 Å². The zero-order valence-corrected chi connectivity index (χ0v) is 13.2. The van der Waals surface area contributed by atoms with Crippen LogP contribution in [-0.2, 0) is 4.84 Å². The Morgan fingerprint density at radius 2 is 2.18 bits per heavy atom. The van der Waals surface area contributed by atoms with E-state index in [1.54, 1.807) is 6.07 Å². The van der Waals surface area contributed by atoms with Gasteiger partial charge in [0, 0.05) is 17.1 Å². The Balaban J connectivity index is 2.16. The van der Waals surface area contributed by atoms with Crippen molar-refractivity contribution in [2.45, 2.75) is 20.0 Å². The summed E-state index contributed by atoms with van der Waals surface area (Å²) in [5.41, 5.74) is 1.73. The molecular formula is C15H19ClN4O2. The number of aromatic nitrogens is 2. The van der Waals surface area contributed by atoms with Gasteiger partial charge in [-0.2, -0.15) is 5.10 Å². The monoisotopic (exact) mass is 322 g/mol. The minimum Gasteiger partial charge on any atom is -0.349 e. The van der Waals surface area contributed by atoms with E-state index in [0.29, 0.717) is 22.8 Å². The molecule has 0 aliphatic carbocycles. The van der Waals surface area contributed by atoms with Crippen molar-refractivity contribution < 1.29 is 9.63 Å². The molecule has 7 heteroatoms. The van der Waals surface area contributed by atoms with Gasteiger partial charge < -0.3 is 5.32 Å². The van der Waals surface area contributed by atoms with Gasteiger partial charge in [-0.3, -0.25) is 14.7 Å². The Morgan fingerprint density at radius 3 is 2.82 bits per heavy atom. The van der Waals surface area contributed by atoms with Crippen molar-refractivity contribution in [3.8, 4) is 11.3 Å². The summed E-state index contributed by atoms with van der Waals surface area (Å²) in [6.45, 7) is 4.26. The third-order valence-corrected chi connectivity index (χ3v) is 3.74. The SMILES string of the molecule is CC(C)C(CNC(=O)c1cn[nH]c1-c1ccccc1Cl)ON. The molecule has 1 aromatic carbocycles. The number of rotatable bonds is 6. The Bertz CT molecular complexity index is 642. The second-order valence-corrected chi connectivity index (χ2v) is 5.67. The number of carbonyl (C=O) groups excluding carboxylic acids is 1. The maximum Gasteiger partial charge on any atom is 0.255 e. The smallest absolute Gasteiger partial charge is 0.255 e. The molecular weight excluding hydrogens is 304 g/mol. The Hall–Kier alpha value is -1.89. The molecule has 6 nitrogen and oxygen atoms in total. The zero-order valence-electron chi connectivity index (χ0n) is 12.5. The minimum atomic E-state index is -0.258. The molecule has 0 aliphatic heterocycles. The highest BCUT2D eigenvalue weighted by Crippen LogP contribution is 2.28. The van der Waals surface area contributed by atoms with Crippen LogP contribution in [0.3, 0.4) is 0 Å². The average Bonchev–Trinajstić information content (AvgIpc) is 2.97. The van der Waals surface area contributed by atoms with Crippen LogP contribution in [0.2, 0.25) is 5.02 Å². The van der Waals surface area contributed by atoms with E-state index in [9.17, 15) is 4.79 Å². The number of nitrogens with one attached hydrogen (secondary N) is 2. The maximum absolute atomic E-state index is 12.3. The molecule has 0 spiro atoms. The maximum atomic E-state index is 12.3. The summed E-state index contributed by atoms with van der Waals surface area (Å²) in [7, 11) is 0. The first-order chi connectivity index (χ1) is 10.5. The molecule has 2 aromatic rings. The summed E-state index contributed by atoms with van der Waals surface area (Å²) in [5, 5.41) is 10.1. The summed E-state index contributed by atoms with van der Waals surface area (Å²) in [6, 6.07) is 7.26. The van der Waals surface area contributed by atoms with Crippen LogP contribution in [0, 0.1) is 5.92 Å². The molecule has 0 saturated carbocycles. The molecule has 118 valence electrons. The van der Waals surface area contributed by atoms with Gasteiger partial charge in [-0.15, -0.1) is 0 Å². The highest BCUT2D eigenvalue weighted by Gasteiger charge is 2.19. The van der Waals surface area contributed by atoms with Crippen LogP contribution < -0.4 is 11.2 Å². The Kier molecular flexibility index (Phi) is 5.54. The number of halogens is 1. The van der Waals surface area contributed by atoms with Crippen LogP contribution in [0.15, 0.2) is 30.5 Å². The molecule has 22 heavy (non-hydrogen) atoms. The van der Waals surface area contributed by atoms with Gasteiger partial charge in [-0.25, -0.2) is 5.90 Å². The summed E-state index contributed by atoms with van der Waals surface area (Å²) in [5.74, 6) is 5.17. The van der Waals surface area contributed by atoms with E-state index in [4.69, 9.17) is 22.3 Å². The highest BCUT2D eigenvalue weighted by molar-refractivity contribution is 6.33. The van der Waals surface area contributed by atoms with Crippen LogP contribution in [0.1, 0.15) is 24.2 Å². The standard InChI is InChI=1S/C15H19ClN4O2/c1-9(2)13(22-17)8-18-15(21)11-7-19-20-14(11)10-5-3-4-6-12(10)16/h3-7,9,13H,8,17H2,1-2H3,(H,18,21)(H,19,20). The quantitative estimate of drug-likeness (QED) is 0.712. The summed E-state index contributed by atoms with van der Waals surface area (Å²) < 4.78 is 0. The first-order valence-corrected chi connectivity index (χ1v) is 7.34. The van der Waals surface area contributed by atoms with Crippen LogP contribution in [0.4, 0.5) is 0 Å². The second-order valence-electron chi connectivity index (χ2n) is 5.27. The van der Waals surface area contributed by atoms with Gasteiger partial charge in [-0.05, 0) is 12.0 Å². The van der Waals surface area contributed by atoms with Gasteiger partial charge in [0.15, 0.2) is 0 Å². The average molecular weight is 323 g/mol. The number of amides is 1. The topological polar surface area (TPSA) is 93.0 Å². The fourth-order valence-electron chi connectivity index (χ4n) is 2.06. The van der Waals surface area contributed by atoms with E-state index in [2.05, 4.69) is 15.5 Å². The minimum absolute atomic E-state index is 0.192. The second kappa shape index (κ2) is 7.40. The van der Waals surface area contributed by atoms with Crippen molar-refractivity contribution in [2.75, 3.05) is 6.54 Å². The van der Waals surface area contributed by atoms with Gasteiger partial charge in [-0.1, -0.05) is 43.6 Å². The molecule has 1 amide bonds. The van der Waals surface area contributed by atoms with Crippen molar-refractivity contribution in [3.05, 3.63) is 41.0 Å². The number of nitrogens with two attached hydrogens (primary N) is 1. The lowest BCUT2D eigenvalue weighted by atomic mass is 10.1. The van der Waals surface area contributed by atoms with Crippen LogP contribution in [0.25, 0.3) is 11.3 Å². The molecule has 0 aliphatic rings. The lowest BCUT2D eigenvalue weighted by molar-refractivity contribution is 0.0220. The third-order valence-electron chi connectivity index (χ3n) is 3.41. The molecule has 1 atom stereocenters. The van der Waals surface area contributed by atoms with Crippen LogP contribution in [-0.4, -0.2) is 28.8 Å². The first-order valence-electron chi connectivity index (χ1n) is 6.96. The first kappa shape index (κ1) is 16.5. The number of carbonyl (C=O) groups is 1. The normalized spacial score (nSPS) is 12.4. The summed E-state index contributed by atoms with van der Waals surface area (Å²) in [6.07, 6.45) is 1.22. The predicted molar refractivity (Wildman–Crippen MR) is 85.3 cm³/mol. The molecule has 1 heterocycles. The number of H-pyrrole nitrogens is 1. The number of hydrogen-bond donors (Lipinski definition) is 3. The Morgan fingerprint density at radius 1 is 1.45 bits per heavy atom. The molecule has 1 unspecified atom stereocenters. The highest BCUT2D eigenvalue weighted by atomic mass is 35.5. The van der Waals surface area contributed by atoms with Crippen LogP contribution >= 0.6 is 11.6 Å². The molecule has 0 saturated heterocycles. The van der Waals surface area contributed by atoms with E-state index in [-0.39, 0.29) is 17.9 Å². The van der Waals surface area contributed by atoms with Crippen molar-refractivity contribution in [1.29, 1.82) is 0 Å². The fraction of sp³-hybridized carbons (Fsp3) is 0.333. The Labute approximate surface area is 133 Å². The van der Waals surface area contributed by atoms with Crippen molar-refractivity contribution >= 4 is 17.5 Å². The molecule has 4 N–H and O–H groups in total. The van der Waals surface area contributed by atoms with Gasteiger partial charge in [0.2, 0.25) is 0 Å². The van der Waals surface area contributed by atoms with Gasteiger partial charge >= 0.3 is 0 Å². The largest absolute Gasteiger partial charge is 0.349 e. The summed E-state index contributed by atoms with van der Waals surface area (Å²) >= 11 is 6.17. The molecule has 2 rings (SSSR count). The molecule has 0 radical (unpaired) electrons. The molecule has 1 aromatic heterocycles. The van der Waals surface area contributed by atoms with Crippen molar-refractivity contribution in [2.24, 2.45) is 11.8 Å². The van der Waals surface area contributed by atoms with Gasteiger partial charge in [0.1, 0.15) is 0 Å². The lowest BCUT2D eigenvalue weighted by Gasteiger charge is -2.18. The molecule has 0 bridgehead atoms. The van der Waals surface area contributed by atoms with E-state index < -0.39 is 0 Å². The lowest BCUT2D eigenvalue weighted by Crippen LogP contribution is -2.38. The van der Waals surface area contributed by atoms with E-state index in [1.165, 1.54) is 6.20 Å². The number of hydrogen-bond acceptors (Lipinski definition) is 4. The van der Waals surface area contributed by atoms with Gasteiger partial charge in [0.05, 0.1) is 23.6 Å². The predicted octanol–water partition coefficient (Wildman–Crippen LogP) is 2.37. The number of benzene rings is 1. The fourth-order valence-corrected chi connectivity index (χ4v) is 2.29. The van der Waals surface area contributed by atoms with Crippen molar-refractivity contribution in [3.63, 3.8) is 0 Å². The van der Waals surface area contributed by atoms with E-state index >= 15 is 0 Å². The number of nitrogens with zero attached hydrogens (tertiary/aromatic N) is 1. The number of aromatic amines is 1. The molecule has 0 fully saturated rings. The zero-order chi connectivity index (χ0) is 16.1. The van der Waals surface area contributed by atoms with Gasteiger partial charge in [0.25, 0.3) is 5.91 Å². The third kappa shape index (κ3) is 3.65. The van der Waals surface area contributed by atoms with E-state index in [0.717, 1.165) is 5.56 Å². The summed E-state index contributed by atoms with van der Waals surface area (Å²) in [4.78, 5) is 17.2.